The van der Waals surface area contributed by atoms with Crippen molar-refractivity contribution in [3.63, 3.8) is 0 Å². The van der Waals surface area contributed by atoms with Crippen LogP contribution in [0.4, 0.5) is 5.69 Å². The van der Waals surface area contributed by atoms with Gasteiger partial charge in [0.1, 0.15) is 5.75 Å². The third-order valence-corrected chi connectivity index (χ3v) is 3.81. The summed E-state index contributed by atoms with van der Waals surface area (Å²) in [6.07, 6.45) is 0.808. The zero-order valence-corrected chi connectivity index (χ0v) is 11.2. The molecule has 4 nitrogen and oxygen atoms in total. The molecule has 0 fully saturated rings. The van der Waals surface area contributed by atoms with Crippen molar-refractivity contribution in [2.24, 2.45) is 0 Å². The summed E-state index contributed by atoms with van der Waals surface area (Å²) in [6, 6.07) is 15.0. The minimum absolute atomic E-state index is 0.119. The third-order valence-electron chi connectivity index (χ3n) is 3.81. The average Bonchev–Trinajstić information content (AvgIpc) is 2.77. The second kappa shape index (κ2) is 4.63. The Morgan fingerprint density at radius 2 is 2.00 bits per heavy atom. The molecule has 1 aliphatic heterocycles. The van der Waals surface area contributed by atoms with Crippen molar-refractivity contribution in [2.75, 3.05) is 6.61 Å². The normalized spacial score (nSPS) is 20.2. The molecule has 0 aliphatic carbocycles. The molecule has 0 aromatic heterocycles. The Bertz CT molecular complexity index is 654. The van der Waals surface area contributed by atoms with Crippen LogP contribution in [0.15, 0.2) is 48.5 Å². The average molecular weight is 269 g/mol. The minimum Gasteiger partial charge on any atom is -0.492 e. The van der Waals surface area contributed by atoms with E-state index in [0.29, 0.717) is 6.61 Å². The van der Waals surface area contributed by atoms with E-state index in [4.69, 9.17) is 4.74 Å². The van der Waals surface area contributed by atoms with Gasteiger partial charge in [-0.25, -0.2) is 0 Å². The largest absolute Gasteiger partial charge is 0.492 e. The maximum atomic E-state index is 10.9. The molecular weight excluding hydrogens is 254 g/mol. The van der Waals surface area contributed by atoms with E-state index in [1.165, 1.54) is 11.6 Å². The Hall–Kier alpha value is -2.36. The van der Waals surface area contributed by atoms with Crippen molar-refractivity contribution in [3.05, 3.63) is 69.8 Å². The van der Waals surface area contributed by atoms with Gasteiger partial charge in [-0.1, -0.05) is 37.3 Å². The van der Waals surface area contributed by atoms with Crippen molar-refractivity contribution in [1.29, 1.82) is 0 Å². The third kappa shape index (κ3) is 2.13. The van der Waals surface area contributed by atoms with Crippen LogP contribution < -0.4 is 4.74 Å². The van der Waals surface area contributed by atoms with Crippen LogP contribution in [0.3, 0.4) is 0 Å². The zero-order chi connectivity index (χ0) is 14.2. The highest BCUT2D eigenvalue weighted by molar-refractivity contribution is 5.50. The van der Waals surface area contributed by atoms with Gasteiger partial charge in [0.25, 0.3) is 5.69 Å². The lowest BCUT2D eigenvalue weighted by Gasteiger charge is -2.22. The van der Waals surface area contributed by atoms with E-state index in [1.807, 2.05) is 18.2 Å². The number of nitrogens with zero attached hydrogens (tertiary/aromatic N) is 1. The predicted octanol–water partition coefficient (Wildman–Crippen LogP) is 3.49. The molecule has 0 saturated carbocycles. The number of rotatable bonds is 3. The van der Waals surface area contributed by atoms with Crippen LogP contribution in [0.5, 0.6) is 5.75 Å². The first-order chi connectivity index (χ1) is 9.58. The summed E-state index contributed by atoms with van der Waals surface area (Å²) in [7, 11) is 0. The molecule has 2 aromatic rings. The number of fused-ring (bicyclic) bond motifs is 1. The van der Waals surface area contributed by atoms with E-state index in [9.17, 15) is 10.1 Å². The molecule has 0 bridgehead atoms. The summed E-state index contributed by atoms with van der Waals surface area (Å²) >= 11 is 0. The topological polar surface area (TPSA) is 52.4 Å². The maximum absolute atomic E-state index is 10.9. The lowest BCUT2D eigenvalue weighted by molar-refractivity contribution is -0.384. The number of nitro benzene ring substituents is 1. The summed E-state index contributed by atoms with van der Waals surface area (Å²) in [5.41, 5.74) is 2.03. The zero-order valence-electron chi connectivity index (χ0n) is 11.2. The number of hydrogen-bond acceptors (Lipinski definition) is 3. The van der Waals surface area contributed by atoms with E-state index in [2.05, 4.69) is 19.1 Å². The molecule has 0 unspecified atom stereocenters. The summed E-state index contributed by atoms with van der Waals surface area (Å²) in [5.74, 6) is 0.758. The van der Waals surface area contributed by atoms with Gasteiger partial charge in [-0.05, 0) is 18.1 Å². The fraction of sp³-hybridized carbons (Fsp3) is 0.250. The van der Waals surface area contributed by atoms with Crippen LogP contribution in [0.25, 0.3) is 0 Å². The van der Waals surface area contributed by atoms with Crippen molar-refractivity contribution < 1.29 is 9.66 Å². The number of ether oxygens (including phenoxy) is 1. The van der Waals surface area contributed by atoms with Crippen LogP contribution in [0.2, 0.25) is 0 Å². The standard InChI is InChI=1S/C16H15NO3/c1-16(10-12-5-3-2-4-6-12)11-20-15-8-7-13(17(18)19)9-14(15)16/h2-9H,10-11H2,1H3/t16-/m1/s1. The van der Waals surface area contributed by atoms with Gasteiger partial charge in [-0.2, -0.15) is 0 Å². The van der Waals surface area contributed by atoms with Gasteiger partial charge >= 0.3 is 0 Å². The van der Waals surface area contributed by atoms with Crippen molar-refractivity contribution in [3.8, 4) is 5.75 Å². The Morgan fingerprint density at radius 3 is 2.70 bits per heavy atom. The molecule has 0 amide bonds. The molecule has 0 spiro atoms. The summed E-state index contributed by atoms with van der Waals surface area (Å²) in [4.78, 5) is 10.6. The molecule has 2 aromatic carbocycles. The fourth-order valence-electron chi connectivity index (χ4n) is 2.74. The summed E-state index contributed by atoms with van der Waals surface area (Å²) in [5, 5.41) is 10.9. The van der Waals surface area contributed by atoms with Gasteiger partial charge in [0.2, 0.25) is 0 Å². The number of non-ortho nitro benzene ring substituents is 1. The van der Waals surface area contributed by atoms with E-state index in [1.54, 1.807) is 12.1 Å². The van der Waals surface area contributed by atoms with E-state index >= 15 is 0 Å². The molecule has 0 radical (unpaired) electrons. The van der Waals surface area contributed by atoms with Crippen LogP contribution in [0, 0.1) is 10.1 Å². The smallest absolute Gasteiger partial charge is 0.269 e. The molecule has 1 aliphatic rings. The van der Waals surface area contributed by atoms with E-state index < -0.39 is 0 Å². The number of benzene rings is 2. The predicted molar refractivity (Wildman–Crippen MR) is 76.1 cm³/mol. The Balaban J connectivity index is 1.98. The van der Waals surface area contributed by atoms with Crippen molar-refractivity contribution in [2.45, 2.75) is 18.8 Å². The van der Waals surface area contributed by atoms with Crippen LogP contribution >= 0.6 is 0 Å². The van der Waals surface area contributed by atoms with Crippen molar-refractivity contribution in [1.82, 2.24) is 0 Å². The molecule has 20 heavy (non-hydrogen) atoms. The van der Waals surface area contributed by atoms with Crippen LogP contribution in [-0.2, 0) is 11.8 Å². The monoisotopic (exact) mass is 269 g/mol. The van der Waals surface area contributed by atoms with Gasteiger partial charge < -0.3 is 4.74 Å². The molecule has 102 valence electrons. The van der Waals surface area contributed by atoms with Gasteiger partial charge in [0.15, 0.2) is 0 Å². The maximum Gasteiger partial charge on any atom is 0.269 e. The highest BCUT2D eigenvalue weighted by atomic mass is 16.6. The highest BCUT2D eigenvalue weighted by Crippen LogP contribution is 2.42. The SMILES string of the molecule is C[C@@]1(Cc2ccccc2)COc2ccc([N+](=O)[O-])cc21. The highest BCUT2D eigenvalue weighted by Gasteiger charge is 2.37. The summed E-state index contributed by atoms with van der Waals surface area (Å²) in [6.45, 7) is 2.65. The molecule has 0 saturated heterocycles. The van der Waals surface area contributed by atoms with E-state index in [-0.39, 0.29) is 16.0 Å². The first kappa shape index (κ1) is 12.7. The second-order valence-electron chi connectivity index (χ2n) is 5.45. The lowest BCUT2D eigenvalue weighted by atomic mass is 9.79. The van der Waals surface area contributed by atoms with E-state index in [0.717, 1.165) is 17.7 Å². The van der Waals surface area contributed by atoms with Crippen LogP contribution in [-0.4, -0.2) is 11.5 Å². The van der Waals surface area contributed by atoms with Crippen LogP contribution in [0.1, 0.15) is 18.1 Å². The Morgan fingerprint density at radius 1 is 1.25 bits per heavy atom. The van der Waals surface area contributed by atoms with Gasteiger partial charge in [0.05, 0.1) is 11.5 Å². The van der Waals surface area contributed by atoms with Gasteiger partial charge in [-0.15, -0.1) is 0 Å². The fourth-order valence-corrected chi connectivity index (χ4v) is 2.74. The number of nitro groups is 1. The Labute approximate surface area is 117 Å². The van der Waals surface area contributed by atoms with Gasteiger partial charge in [-0.3, -0.25) is 10.1 Å². The quantitative estimate of drug-likeness (QED) is 0.633. The molecule has 3 rings (SSSR count). The Kier molecular flexibility index (Phi) is 2.93. The molecule has 1 atom stereocenters. The molecule has 1 heterocycles. The first-order valence-corrected chi connectivity index (χ1v) is 6.54. The van der Waals surface area contributed by atoms with Crippen molar-refractivity contribution >= 4 is 5.69 Å². The molecule has 4 heteroatoms. The van der Waals surface area contributed by atoms with Gasteiger partial charge in [0, 0.05) is 23.1 Å². The lowest BCUT2D eigenvalue weighted by Crippen LogP contribution is -2.26. The first-order valence-electron chi connectivity index (χ1n) is 6.54. The minimum atomic E-state index is -0.360. The summed E-state index contributed by atoms with van der Waals surface area (Å²) < 4.78 is 5.70. The molecule has 0 N–H and O–H groups in total. The second-order valence-corrected chi connectivity index (χ2v) is 5.45. The number of hydrogen-bond donors (Lipinski definition) is 0. The molecular formula is C16H15NO3.